The summed E-state index contributed by atoms with van der Waals surface area (Å²) in [5, 5.41) is 3.72. The zero-order valence-electron chi connectivity index (χ0n) is 8.84. The molecule has 88 valence electrons. The topological polar surface area (TPSA) is 44.9 Å². The van der Waals surface area contributed by atoms with E-state index in [0.29, 0.717) is 22.2 Å². The lowest BCUT2D eigenvalue weighted by atomic mass is 10.2. The number of amides is 1. The van der Waals surface area contributed by atoms with Gasteiger partial charge < -0.3 is 10.3 Å². The maximum Gasteiger partial charge on any atom is 0.228 e. The van der Waals surface area contributed by atoms with Crippen LogP contribution in [0.15, 0.2) is 36.7 Å². The predicted octanol–water partition coefficient (Wildman–Crippen LogP) is 3.50. The van der Waals surface area contributed by atoms with Crippen LogP contribution >= 0.6 is 23.2 Å². The smallest absolute Gasteiger partial charge is 0.228 e. The van der Waals surface area contributed by atoms with Crippen LogP contribution < -0.4 is 5.32 Å². The molecule has 0 bridgehead atoms. The largest absolute Gasteiger partial charge is 0.367 e. The molecule has 5 heteroatoms. The van der Waals surface area contributed by atoms with Crippen LogP contribution in [0.4, 0.5) is 5.69 Å². The van der Waals surface area contributed by atoms with Gasteiger partial charge >= 0.3 is 0 Å². The summed E-state index contributed by atoms with van der Waals surface area (Å²) in [6.07, 6.45) is 3.85. The van der Waals surface area contributed by atoms with E-state index in [-0.39, 0.29) is 5.91 Å². The van der Waals surface area contributed by atoms with E-state index in [1.165, 1.54) is 0 Å². The molecule has 0 aliphatic heterocycles. The third kappa shape index (κ3) is 3.25. The number of nitrogens with one attached hydrogen (secondary N) is 2. The Kier molecular flexibility index (Phi) is 3.71. The van der Waals surface area contributed by atoms with Crippen molar-refractivity contribution in [2.24, 2.45) is 0 Å². The van der Waals surface area contributed by atoms with E-state index in [1.807, 2.05) is 6.07 Å². The molecule has 1 aromatic carbocycles. The molecule has 1 aromatic heterocycles. The van der Waals surface area contributed by atoms with Gasteiger partial charge in [-0.1, -0.05) is 23.2 Å². The van der Waals surface area contributed by atoms with Gasteiger partial charge in [0.15, 0.2) is 0 Å². The van der Waals surface area contributed by atoms with Crippen LogP contribution in [-0.2, 0) is 11.2 Å². The Morgan fingerprint density at radius 2 is 2.12 bits per heavy atom. The molecule has 0 aliphatic carbocycles. The summed E-state index contributed by atoms with van der Waals surface area (Å²) in [7, 11) is 0. The molecule has 3 nitrogen and oxygen atoms in total. The lowest BCUT2D eigenvalue weighted by Gasteiger charge is -2.06. The first-order valence-corrected chi connectivity index (χ1v) is 5.77. The van der Waals surface area contributed by atoms with E-state index in [2.05, 4.69) is 10.3 Å². The summed E-state index contributed by atoms with van der Waals surface area (Å²) < 4.78 is 0. The van der Waals surface area contributed by atoms with E-state index in [0.717, 1.165) is 5.56 Å². The molecule has 0 saturated carbocycles. The maximum absolute atomic E-state index is 11.7. The van der Waals surface area contributed by atoms with Gasteiger partial charge in [-0.2, -0.15) is 0 Å². The van der Waals surface area contributed by atoms with Gasteiger partial charge in [0.1, 0.15) is 0 Å². The first-order valence-electron chi connectivity index (χ1n) is 5.02. The second-order valence-electron chi connectivity index (χ2n) is 3.57. The third-order valence-corrected chi connectivity index (χ3v) is 2.79. The van der Waals surface area contributed by atoms with Crippen LogP contribution in [0, 0.1) is 0 Å². The molecule has 1 amide bonds. The molecule has 0 spiro atoms. The SMILES string of the molecule is O=C(Cc1cc[nH]c1)Nc1cc(Cl)ccc1Cl. The van der Waals surface area contributed by atoms with Crippen LogP contribution in [0.25, 0.3) is 0 Å². The Bertz CT molecular complexity index is 523. The average molecular weight is 269 g/mol. The van der Waals surface area contributed by atoms with Crippen molar-refractivity contribution >= 4 is 34.8 Å². The van der Waals surface area contributed by atoms with Crippen molar-refractivity contribution in [3.8, 4) is 0 Å². The normalized spacial score (nSPS) is 10.2. The lowest BCUT2D eigenvalue weighted by Crippen LogP contribution is -2.14. The molecular formula is C12H10Cl2N2O. The minimum Gasteiger partial charge on any atom is -0.367 e. The minimum absolute atomic E-state index is 0.131. The van der Waals surface area contributed by atoms with Crippen molar-refractivity contribution in [1.82, 2.24) is 4.98 Å². The molecule has 2 aromatic rings. The van der Waals surface area contributed by atoms with Gasteiger partial charge in [-0.05, 0) is 29.8 Å². The number of aromatic nitrogens is 1. The highest BCUT2D eigenvalue weighted by atomic mass is 35.5. The summed E-state index contributed by atoms with van der Waals surface area (Å²) in [6, 6.07) is 6.79. The standard InChI is InChI=1S/C12H10Cl2N2O/c13-9-1-2-10(14)11(6-9)16-12(17)5-8-3-4-15-7-8/h1-4,6-7,15H,5H2,(H,16,17). The van der Waals surface area contributed by atoms with Crippen molar-refractivity contribution in [2.75, 3.05) is 5.32 Å². The molecule has 0 aliphatic rings. The minimum atomic E-state index is -0.131. The number of carbonyl (C=O) groups is 1. The van der Waals surface area contributed by atoms with E-state index >= 15 is 0 Å². The third-order valence-electron chi connectivity index (χ3n) is 2.23. The Morgan fingerprint density at radius 3 is 2.82 bits per heavy atom. The summed E-state index contributed by atoms with van der Waals surface area (Å²) in [5.74, 6) is -0.131. The van der Waals surface area contributed by atoms with Crippen molar-refractivity contribution in [3.63, 3.8) is 0 Å². The molecule has 1 heterocycles. The van der Waals surface area contributed by atoms with Gasteiger partial charge in [0.2, 0.25) is 5.91 Å². The van der Waals surface area contributed by atoms with E-state index < -0.39 is 0 Å². The number of halogens is 2. The van der Waals surface area contributed by atoms with Gasteiger partial charge in [0.25, 0.3) is 0 Å². The molecule has 0 atom stereocenters. The molecule has 0 radical (unpaired) electrons. The highest BCUT2D eigenvalue weighted by Crippen LogP contribution is 2.25. The number of hydrogen-bond donors (Lipinski definition) is 2. The fourth-order valence-corrected chi connectivity index (χ4v) is 1.78. The van der Waals surface area contributed by atoms with Crippen LogP contribution in [-0.4, -0.2) is 10.9 Å². The lowest BCUT2D eigenvalue weighted by molar-refractivity contribution is -0.115. The summed E-state index contributed by atoms with van der Waals surface area (Å²) in [5.41, 5.74) is 1.44. The molecular weight excluding hydrogens is 259 g/mol. The Labute approximate surface area is 109 Å². The van der Waals surface area contributed by atoms with E-state index in [9.17, 15) is 4.79 Å². The van der Waals surface area contributed by atoms with Gasteiger partial charge in [-0.15, -0.1) is 0 Å². The van der Waals surface area contributed by atoms with Crippen molar-refractivity contribution in [3.05, 3.63) is 52.3 Å². The van der Waals surface area contributed by atoms with Gasteiger partial charge in [-0.25, -0.2) is 0 Å². The fraction of sp³-hybridized carbons (Fsp3) is 0.0833. The summed E-state index contributed by atoms with van der Waals surface area (Å²) in [4.78, 5) is 14.6. The number of benzene rings is 1. The van der Waals surface area contributed by atoms with Crippen LogP contribution in [0.2, 0.25) is 10.0 Å². The van der Waals surface area contributed by atoms with Crippen molar-refractivity contribution in [1.29, 1.82) is 0 Å². The Balaban J connectivity index is 2.05. The number of hydrogen-bond acceptors (Lipinski definition) is 1. The van der Waals surface area contributed by atoms with Crippen molar-refractivity contribution < 1.29 is 4.79 Å². The van der Waals surface area contributed by atoms with Gasteiger partial charge in [0, 0.05) is 17.4 Å². The Morgan fingerprint density at radius 1 is 1.29 bits per heavy atom. The Hall–Kier alpha value is -1.45. The molecule has 0 unspecified atom stereocenters. The fourth-order valence-electron chi connectivity index (χ4n) is 1.44. The second kappa shape index (κ2) is 5.25. The van der Waals surface area contributed by atoms with E-state index in [4.69, 9.17) is 23.2 Å². The predicted molar refractivity (Wildman–Crippen MR) is 69.6 cm³/mol. The van der Waals surface area contributed by atoms with Crippen LogP contribution in [0.5, 0.6) is 0 Å². The van der Waals surface area contributed by atoms with Crippen LogP contribution in [0.3, 0.4) is 0 Å². The first kappa shape index (κ1) is 12.0. The zero-order chi connectivity index (χ0) is 12.3. The molecule has 0 fully saturated rings. The van der Waals surface area contributed by atoms with Gasteiger partial charge in [-0.3, -0.25) is 4.79 Å². The quantitative estimate of drug-likeness (QED) is 0.880. The van der Waals surface area contributed by atoms with Crippen LogP contribution in [0.1, 0.15) is 5.56 Å². The first-order chi connectivity index (χ1) is 8.15. The number of rotatable bonds is 3. The zero-order valence-corrected chi connectivity index (χ0v) is 10.3. The molecule has 2 rings (SSSR count). The number of carbonyl (C=O) groups excluding carboxylic acids is 1. The number of H-pyrrole nitrogens is 1. The highest BCUT2D eigenvalue weighted by molar-refractivity contribution is 6.35. The van der Waals surface area contributed by atoms with E-state index in [1.54, 1.807) is 30.6 Å². The maximum atomic E-state index is 11.7. The molecule has 2 N–H and O–H groups in total. The van der Waals surface area contributed by atoms with Gasteiger partial charge in [0.05, 0.1) is 17.1 Å². The second-order valence-corrected chi connectivity index (χ2v) is 4.41. The average Bonchev–Trinajstić information content (AvgIpc) is 2.76. The summed E-state index contributed by atoms with van der Waals surface area (Å²) in [6.45, 7) is 0. The van der Waals surface area contributed by atoms with Crippen molar-refractivity contribution in [2.45, 2.75) is 6.42 Å². The number of aromatic amines is 1. The number of anilines is 1. The highest BCUT2D eigenvalue weighted by Gasteiger charge is 2.07. The molecule has 0 saturated heterocycles. The monoisotopic (exact) mass is 268 g/mol. The summed E-state index contributed by atoms with van der Waals surface area (Å²) >= 11 is 11.8. The molecule has 17 heavy (non-hydrogen) atoms.